The Hall–Kier alpha value is -2.99. The number of benzene rings is 1. The molecule has 1 aliphatic rings. The topological polar surface area (TPSA) is 164 Å². The second kappa shape index (κ2) is 12.9. The number of nitrogens with zero attached hydrogens (tertiary/aromatic N) is 2. The first-order valence-corrected chi connectivity index (χ1v) is 14.0. The number of sulfonamides is 1. The van der Waals surface area contributed by atoms with E-state index in [9.17, 15) is 45.1 Å². The van der Waals surface area contributed by atoms with E-state index in [2.05, 4.69) is 25.6 Å². The summed E-state index contributed by atoms with van der Waals surface area (Å²) >= 11 is 0.550. The number of rotatable bonds is 11. The standard InChI is InChI=1S/C21H24F5N5O6S2/c22-15(23)9-38-20-17(30-37-31-20)19(34)29-16(11-4-2-1-3-5-11)18(33)28-12-6-7-14(13(32)8-12)39(35,36)27-10-21(24,25)26/h6-8,11,15-16,27,32H,1-5,9-10H2,(H,28,33)(H,29,34)/t16-/m0/s1. The number of amides is 2. The predicted molar refractivity (Wildman–Crippen MR) is 127 cm³/mol. The maximum absolute atomic E-state index is 13.2. The Morgan fingerprint density at radius 3 is 2.46 bits per heavy atom. The fourth-order valence-electron chi connectivity index (χ4n) is 3.93. The summed E-state index contributed by atoms with van der Waals surface area (Å²) in [5, 5.41) is 21.8. The van der Waals surface area contributed by atoms with Gasteiger partial charge in [-0.05, 0) is 41.2 Å². The van der Waals surface area contributed by atoms with Crippen LogP contribution in [0.3, 0.4) is 0 Å². The van der Waals surface area contributed by atoms with E-state index < -0.39 is 63.4 Å². The first kappa shape index (κ1) is 30.6. The number of halogens is 5. The van der Waals surface area contributed by atoms with Crippen LogP contribution < -0.4 is 15.4 Å². The smallest absolute Gasteiger partial charge is 0.402 e. The summed E-state index contributed by atoms with van der Waals surface area (Å²) in [4.78, 5) is 25.2. The predicted octanol–water partition coefficient (Wildman–Crippen LogP) is 3.29. The summed E-state index contributed by atoms with van der Waals surface area (Å²) in [6.45, 7) is -1.85. The van der Waals surface area contributed by atoms with Crippen LogP contribution in [0.1, 0.15) is 42.6 Å². The molecule has 0 aliphatic heterocycles. The van der Waals surface area contributed by atoms with E-state index >= 15 is 0 Å². The summed E-state index contributed by atoms with van der Waals surface area (Å²) in [6.07, 6.45) is -3.85. The van der Waals surface area contributed by atoms with Crippen LogP contribution in [0.5, 0.6) is 5.75 Å². The molecule has 1 aliphatic carbocycles. The summed E-state index contributed by atoms with van der Waals surface area (Å²) < 4.78 is 92.4. The number of aromatic nitrogens is 2. The molecule has 39 heavy (non-hydrogen) atoms. The van der Waals surface area contributed by atoms with Crippen molar-refractivity contribution in [3.8, 4) is 5.75 Å². The molecule has 2 amide bonds. The van der Waals surface area contributed by atoms with Gasteiger partial charge in [0.2, 0.25) is 28.0 Å². The molecule has 0 radical (unpaired) electrons. The molecule has 216 valence electrons. The Balaban J connectivity index is 1.77. The van der Waals surface area contributed by atoms with Crippen molar-refractivity contribution in [1.29, 1.82) is 0 Å². The third-order valence-corrected chi connectivity index (χ3v) is 8.10. The molecule has 0 saturated heterocycles. The molecule has 0 spiro atoms. The second-order valence-corrected chi connectivity index (χ2v) is 11.3. The van der Waals surface area contributed by atoms with E-state index in [0.717, 1.165) is 37.5 Å². The third kappa shape index (κ3) is 8.76. The number of alkyl halides is 5. The van der Waals surface area contributed by atoms with Gasteiger partial charge in [0.05, 0.1) is 5.75 Å². The van der Waals surface area contributed by atoms with E-state index in [-0.39, 0.29) is 22.3 Å². The third-order valence-electron chi connectivity index (χ3n) is 5.69. The van der Waals surface area contributed by atoms with Gasteiger partial charge in [-0.15, -0.1) is 0 Å². The van der Waals surface area contributed by atoms with Crippen molar-refractivity contribution < 1.29 is 49.7 Å². The van der Waals surface area contributed by atoms with Crippen LogP contribution in [0.4, 0.5) is 27.6 Å². The molecule has 1 aromatic heterocycles. The van der Waals surface area contributed by atoms with E-state index in [0.29, 0.717) is 24.6 Å². The van der Waals surface area contributed by atoms with Gasteiger partial charge >= 0.3 is 6.18 Å². The number of nitrogens with one attached hydrogen (secondary N) is 3. The van der Waals surface area contributed by atoms with Crippen molar-refractivity contribution >= 4 is 39.3 Å². The molecular formula is C21H24F5N5O6S2. The fraction of sp³-hybridized carbons (Fsp3) is 0.524. The van der Waals surface area contributed by atoms with Gasteiger partial charge in [0.15, 0.2) is 5.03 Å². The van der Waals surface area contributed by atoms with Crippen LogP contribution in [0.25, 0.3) is 0 Å². The van der Waals surface area contributed by atoms with E-state index in [1.165, 1.54) is 4.72 Å². The van der Waals surface area contributed by atoms with Gasteiger partial charge in [-0.25, -0.2) is 26.5 Å². The molecule has 1 heterocycles. The highest BCUT2D eigenvalue weighted by Crippen LogP contribution is 2.30. The van der Waals surface area contributed by atoms with Gasteiger partial charge in [0.25, 0.3) is 5.91 Å². The van der Waals surface area contributed by atoms with Gasteiger partial charge in [-0.1, -0.05) is 31.0 Å². The molecule has 1 aromatic carbocycles. The van der Waals surface area contributed by atoms with E-state index in [1.54, 1.807) is 0 Å². The average molecular weight is 602 g/mol. The summed E-state index contributed by atoms with van der Waals surface area (Å²) in [6, 6.07) is 1.56. The van der Waals surface area contributed by atoms with Crippen LogP contribution in [0, 0.1) is 5.92 Å². The summed E-state index contributed by atoms with van der Waals surface area (Å²) in [5.41, 5.74) is -0.480. The maximum Gasteiger partial charge on any atom is 0.402 e. The van der Waals surface area contributed by atoms with Crippen molar-refractivity contribution in [1.82, 2.24) is 20.4 Å². The molecule has 18 heteroatoms. The number of hydrogen-bond donors (Lipinski definition) is 4. The lowest BCUT2D eigenvalue weighted by Gasteiger charge is -2.30. The quantitative estimate of drug-likeness (QED) is 0.224. The van der Waals surface area contributed by atoms with Crippen molar-refractivity contribution in [3.05, 3.63) is 23.9 Å². The molecule has 1 saturated carbocycles. The van der Waals surface area contributed by atoms with Crippen LogP contribution >= 0.6 is 11.8 Å². The molecular weight excluding hydrogens is 577 g/mol. The number of aromatic hydroxyl groups is 1. The van der Waals surface area contributed by atoms with Crippen molar-refractivity contribution in [2.75, 3.05) is 17.6 Å². The number of carbonyl (C=O) groups is 2. The molecule has 11 nitrogen and oxygen atoms in total. The van der Waals surface area contributed by atoms with E-state index in [4.69, 9.17) is 0 Å². The highest BCUT2D eigenvalue weighted by atomic mass is 32.2. The SMILES string of the molecule is O=C(N[C@H](C(=O)Nc1ccc(S(=O)(=O)NCC(F)(F)F)c(O)c1)C1CCCCC1)c1nonc1SCC(F)F. The van der Waals surface area contributed by atoms with Crippen molar-refractivity contribution in [3.63, 3.8) is 0 Å². The monoisotopic (exact) mass is 601 g/mol. The molecule has 1 fully saturated rings. The maximum atomic E-state index is 13.2. The first-order valence-electron chi connectivity index (χ1n) is 11.5. The first-order chi connectivity index (χ1) is 18.3. The Morgan fingerprint density at radius 1 is 1.15 bits per heavy atom. The number of phenols is 1. The van der Waals surface area contributed by atoms with Gasteiger partial charge in [0, 0.05) is 11.8 Å². The Morgan fingerprint density at radius 2 is 1.85 bits per heavy atom. The molecule has 1 atom stereocenters. The zero-order valence-corrected chi connectivity index (χ0v) is 21.6. The minimum absolute atomic E-state index is 0.0985. The minimum Gasteiger partial charge on any atom is -0.506 e. The molecule has 4 N–H and O–H groups in total. The lowest BCUT2D eigenvalue weighted by atomic mass is 9.83. The highest BCUT2D eigenvalue weighted by Gasteiger charge is 2.34. The fourth-order valence-corrected chi connectivity index (χ4v) is 5.65. The molecule has 2 aromatic rings. The lowest BCUT2D eigenvalue weighted by Crippen LogP contribution is -2.49. The van der Waals surface area contributed by atoms with Gasteiger partial charge in [-0.3, -0.25) is 9.59 Å². The number of carbonyl (C=O) groups excluding carboxylic acids is 2. The number of phenolic OH excluding ortho intramolecular Hbond substituents is 1. The Labute approximate surface area is 223 Å². The van der Waals surface area contributed by atoms with E-state index in [1.807, 2.05) is 0 Å². The van der Waals surface area contributed by atoms with Gasteiger partial charge in [-0.2, -0.15) is 13.2 Å². The number of thioether (sulfide) groups is 1. The van der Waals surface area contributed by atoms with Gasteiger partial charge < -0.3 is 15.7 Å². The normalized spacial score (nSPS) is 15.7. The molecule has 3 rings (SSSR count). The zero-order chi connectivity index (χ0) is 28.8. The van der Waals surface area contributed by atoms with Crippen molar-refractivity contribution in [2.24, 2.45) is 5.92 Å². The number of hydrogen-bond acceptors (Lipinski definition) is 9. The molecule has 0 unspecified atom stereocenters. The molecule has 0 bridgehead atoms. The Bertz CT molecular complexity index is 1270. The summed E-state index contributed by atoms with van der Waals surface area (Å²) in [7, 11) is -4.72. The van der Waals surface area contributed by atoms with Crippen LogP contribution in [0.2, 0.25) is 0 Å². The Kier molecular flexibility index (Phi) is 10.1. The van der Waals surface area contributed by atoms with Crippen molar-refractivity contribution in [2.45, 2.75) is 60.7 Å². The largest absolute Gasteiger partial charge is 0.506 e. The lowest BCUT2D eigenvalue weighted by molar-refractivity contribution is -0.121. The van der Waals surface area contributed by atoms with Crippen LogP contribution in [-0.4, -0.2) is 66.6 Å². The number of anilines is 1. The summed E-state index contributed by atoms with van der Waals surface area (Å²) in [5.74, 6) is -3.53. The second-order valence-electron chi connectivity index (χ2n) is 8.58. The zero-order valence-electron chi connectivity index (χ0n) is 20.0. The highest BCUT2D eigenvalue weighted by molar-refractivity contribution is 7.99. The minimum atomic E-state index is -4.82. The van der Waals surface area contributed by atoms with Gasteiger partial charge in [0.1, 0.15) is 23.2 Å². The van der Waals surface area contributed by atoms with Crippen LogP contribution in [-0.2, 0) is 14.8 Å². The average Bonchev–Trinajstić information content (AvgIpc) is 3.33. The van der Waals surface area contributed by atoms with Crippen LogP contribution in [0.15, 0.2) is 32.7 Å².